The van der Waals surface area contributed by atoms with E-state index in [0.717, 1.165) is 44.9 Å². The van der Waals surface area contributed by atoms with Crippen molar-refractivity contribution in [3.8, 4) is 0 Å². The highest BCUT2D eigenvalue weighted by Crippen LogP contribution is 2.49. The molecule has 0 aromatic heterocycles. The van der Waals surface area contributed by atoms with Crippen molar-refractivity contribution in [2.24, 2.45) is 0 Å². The van der Waals surface area contributed by atoms with Gasteiger partial charge in [-0.1, -0.05) is 111 Å². The number of unbranched alkanes of at least 4 members (excludes halogenated alkanes) is 14. The van der Waals surface area contributed by atoms with E-state index in [1.807, 2.05) is 0 Å². The van der Waals surface area contributed by atoms with Gasteiger partial charge < -0.3 is 24.0 Å². The average molecular weight is 821 g/mol. The van der Waals surface area contributed by atoms with Gasteiger partial charge in [-0.2, -0.15) is 0 Å². The molecule has 0 bridgehead atoms. The van der Waals surface area contributed by atoms with Gasteiger partial charge in [0.2, 0.25) is 0 Å². The number of phosphoric ester groups is 1. The first-order chi connectivity index (χ1) is 27.2. The summed E-state index contributed by atoms with van der Waals surface area (Å²) in [5.41, 5.74) is 0. The van der Waals surface area contributed by atoms with Crippen molar-refractivity contribution in [3.05, 3.63) is 0 Å². The van der Waals surface area contributed by atoms with Crippen molar-refractivity contribution < 1.29 is 46.7 Å². The predicted molar refractivity (Wildman–Crippen MR) is 226 cm³/mol. The molecule has 0 spiro atoms. The number of nitrogens with zero attached hydrogens (tertiary/aromatic N) is 2. The first-order valence-corrected chi connectivity index (χ1v) is 24.1. The Kier molecular flexibility index (Phi) is 39.4. The molecule has 0 amide bonds. The third-order valence-electron chi connectivity index (χ3n) is 9.54. The first kappa shape index (κ1) is 54.6. The van der Waals surface area contributed by atoms with Crippen molar-refractivity contribution in [3.63, 3.8) is 0 Å². The monoisotopic (exact) mass is 821 g/mol. The second-order valence-corrected chi connectivity index (χ2v) is 16.4. The van der Waals surface area contributed by atoms with Crippen LogP contribution in [0.15, 0.2) is 0 Å². The van der Waals surface area contributed by atoms with Crippen molar-refractivity contribution >= 4 is 25.5 Å². The molecule has 0 rings (SSSR count). The number of hydrogen-bond acceptors (Lipinski definition) is 12. The smallest absolute Gasteiger partial charge is 0.466 e. The van der Waals surface area contributed by atoms with E-state index < -0.39 is 7.82 Å². The Bertz CT molecular complexity index is 929. The number of Topliss-reactive ketones (excluding diaryl/α,β-unsaturated/α-hetero) is 1. The van der Waals surface area contributed by atoms with Crippen LogP contribution in [-0.4, -0.2) is 113 Å². The lowest BCUT2D eigenvalue weighted by atomic mass is 10.1. The van der Waals surface area contributed by atoms with E-state index in [9.17, 15) is 18.9 Å². The van der Waals surface area contributed by atoms with Gasteiger partial charge in [0.05, 0.1) is 45.9 Å². The number of carbonyl (C=O) groups is 3. The molecule has 0 atom stereocenters. The summed E-state index contributed by atoms with van der Waals surface area (Å²) in [5.74, 6) is -0.361. The van der Waals surface area contributed by atoms with Crippen LogP contribution in [0.3, 0.4) is 0 Å². The standard InChI is InChI=1S/C43H85N2O10P/c1-6-11-14-17-20-23-37-51-42(47)28-34-45(35-29-43(48)52-38-24-21-18-15-12-7-2)31-25-30-44(32-26-39-55-56(49,53-9-4)54-10-5)33-27-41(46)40-50-36-22-19-16-13-8-3/h6-40H2,1-5H3. The topological polar surface area (TPSA) is 130 Å². The summed E-state index contributed by atoms with van der Waals surface area (Å²) < 4.78 is 45.6. The molecule has 56 heavy (non-hydrogen) atoms. The van der Waals surface area contributed by atoms with E-state index in [2.05, 4.69) is 30.6 Å². The summed E-state index contributed by atoms with van der Waals surface area (Å²) in [7, 11) is -3.60. The molecular weight excluding hydrogens is 735 g/mol. The predicted octanol–water partition coefficient (Wildman–Crippen LogP) is 10.1. The molecule has 0 saturated heterocycles. The van der Waals surface area contributed by atoms with Gasteiger partial charge in [0.25, 0.3) is 0 Å². The highest BCUT2D eigenvalue weighted by atomic mass is 31.2. The van der Waals surface area contributed by atoms with Gasteiger partial charge in [0, 0.05) is 39.2 Å². The average Bonchev–Trinajstić information content (AvgIpc) is 3.18. The first-order valence-electron chi connectivity index (χ1n) is 22.6. The number of phosphoric acid groups is 1. The second-order valence-electron chi connectivity index (χ2n) is 14.7. The summed E-state index contributed by atoms with van der Waals surface area (Å²) in [5, 5.41) is 0. The molecule has 13 heteroatoms. The second kappa shape index (κ2) is 40.4. The molecule has 0 N–H and O–H groups in total. The van der Waals surface area contributed by atoms with E-state index >= 15 is 0 Å². The van der Waals surface area contributed by atoms with E-state index in [0.29, 0.717) is 71.9 Å². The molecule has 0 aliphatic heterocycles. The molecule has 0 aromatic rings. The zero-order valence-electron chi connectivity index (χ0n) is 36.7. The van der Waals surface area contributed by atoms with Crippen molar-refractivity contribution in [2.45, 2.75) is 176 Å². The highest BCUT2D eigenvalue weighted by Gasteiger charge is 2.25. The van der Waals surface area contributed by atoms with E-state index in [4.69, 9.17) is 27.8 Å². The van der Waals surface area contributed by atoms with Gasteiger partial charge in [-0.15, -0.1) is 0 Å². The molecule has 0 unspecified atom stereocenters. The Hall–Kier alpha value is -1.40. The molecule has 0 aliphatic rings. The lowest BCUT2D eigenvalue weighted by Crippen LogP contribution is -2.35. The van der Waals surface area contributed by atoms with Gasteiger partial charge >= 0.3 is 19.8 Å². The van der Waals surface area contributed by atoms with Gasteiger partial charge in [0.15, 0.2) is 5.78 Å². The summed E-state index contributed by atoms with van der Waals surface area (Å²) in [6.07, 6.45) is 21.5. The molecular formula is C43H85N2O10P. The van der Waals surface area contributed by atoms with Crippen LogP contribution in [-0.2, 0) is 46.7 Å². The number of carbonyl (C=O) groups excluding carboxylic acids is 3. The van der Waals surface area contributed by atoms with Crippen LogP contribution in [0.2, 0.25) is 0 Å². The fourth-order valence-electron chi connectivity index (χ4n) is 6.21. The zero-order valence-corrected chi connectivity index (χ0v) is 37.6. The lowest BCUT2D eigenvalue weighted by Gasteiger charge is -2.26. The third kappa shape index (κ3) is 35.7. The van der Waals surface area contributed by atoms with E-state index in [1.165, 1.54) is 70.6 Å². The van der Waals surface area contributed by atoms with Crippen LogP contribution in [0.1, 0.15) is 176 Å². The number of ether oxygens (including phenoxy) is 3. The van der Waals surface area contributed by atoms with Crippen molar-refractivity contribution in [2.75, 3.05) is 85.5 Å². The fraction of sp³-hybridized carbons (Fsp3) is 0.930. The van der Waals surface area contributed by atoms with Crippen LogP contribution >= 0.6 is 7.82 Å². The maximum absolute atomic E-state index is 12.8. The molecule has 0 radical (unpaired) electrons. The van der Waals surface area contributed by atoms with Crippen LogP contribution in [0.4, 0.5) is 0 Å². The minimum absolute atomic E-state index is 0.0672. The summed E-state index contributed by atoms with van der Waals surface area (Å²) >= 11 is 0. The van der Waals surface area contributed by atoms with Crippen LogP contribution in [0.5, 0.6) is 0 Å². The summed E-state index contributed by atoms with van der Waals surface area (Å²) in [6, 6.07) is 0. The molecule has 0 aromatic carbocycles. The SMILES string of the molecule is CCCCCCCCOC(=O)CCN(CCCN(CCCOP(=O)(OCC)OCC)CCC(=O)COCCCCCCC)CCC(=O)OCCCCCCCC. The molecule has 0 fully saturated rings. The van der Waals surface area contributed by atoms with Gasteiger partial charge in [0.1, 0.15) is 6.61 Å². The Morgan fingerprint density at radius 3 is 1.32 bits per heavy atom. The van der Waals surface area contributed by atoms with Crippen LogP contribution in [0.25, 0.3) is 0 Å². The van der Waals surface area contributed by atoms with E-state index in [1.54, 1.807) is 13.8 Å². The van der Waals surface area contributed by atoms with Gasteiger partial charge in [-0.25, -0.2) is 4.57 Å². The molecule has 12 nitrogen and oxygen atoms in total. The van der Waals surface area contributed by atoms with Crippen LogP contribution in [0, 0.1) is 0 Å². The minimum atomic E-state index is -3.60. The quantitative estimate of drug-likeness (QED) is 0.0329. The van der Waals surface area contributed by atoms with Crippen molar-refractivity contribution in [1.82, 2.24) is 9.80 Å². The Balaban J connectivity index is 5.20. The number of ketones is 1. The molecule has 0 heterocycles. The van der Waals surface area contributed by atoms with Crippen LogP contribution < -0.4 is 0 Å². The van der Waals surface area contributed by atoms with Gasteiger partial charge in [-0.3, -0.25) is 28.0 Å². The lowest BCUT2D eigenvalue weighted by molar-refractivity contribution is -0.144. The summed E-state index contributed by atoms with van der Waals surface area (Å²) in [4.78, 5) is 42.3. The highest BCUT2D eigenvalue weighted by molar-refractivity contribution is 7.48. The molecule has 0 saturated carbocycles. The normalized spacial score (nSPS) is 11.8. The number of esters is 2. The molecule has 0 aliphatic carbocycles. The Morgan fingerprint density at radius 1 is 0.429 bits per heavy atom. The third-order valence-corrected chi connectivity index (χ3v) is 11.2. The number of hydrogen-bond donors (Lipinski definition) is 0. The number of rotatable bonds is 44. The van der Waals surface area contributed by atoms with Gasteiger partial charge in [-0.05, 0) is 59.0 Å². The van der Waals surface area contributed by atoms with E-state index in [-0.39, 0.29) is 57.0 Å². The fourth-order valence-corrected chi connectivity index (χ4v) is 7.42. The Morgan fingerprint density at radius 2 is 0.839 bits per heavy atom. The summed E-state index contributed by atoms with van der Waals surface area (Å²) in [6.45, 7) is 15.8. The zero-order chi connectivity index (χ0) is 41.4. The van der Waals surface area contributed by atoms with Crippen molar-refractivity contribution in [1.29, 1.82) is 0 Å². The maximum Gasteiger partial charge on any atom is 0.474 e. The Labute approximate surface area is 342 Å². The minimum Gasteiger partial charge on any atom is -0.466 e. The molecule has 332 valence electrons. The maximum atomic E-state index is 12.8. The largest absolute Gasteiger partial charge is 0.474 e.